The minimum atomic E-state index is -0.954. The molecule has 3 rings (SSSR count). The molecular formula is C17H21NO4. The molecule has 5 nitrogen and oxygen atoms in total. The molecule has 2 unspecified atom stereocenters. The van der Waals surface area contributed by atoms with Crippen LogP contribution in [0.2, 0.25) is 0 Å². The number of rotatable bonds is 5. The molecule has 5 heteroatoms. The molecule has 1 saturated carbocycles. The summed E-state index contributed by atoms with van der Waals surface area (Å²) in [5, 5.41) is 11.9. The fourth-order valence-electron chi connectivity index (χ4n) is 2.98. The van der Waals surface area contributed by atoms with Crippen LogP contribution in [0.5, 0.6) is 0 Å². The van der Waals surface area contributed by atoms with Gasteiger partial charge in [0.25, 0.3) is 0 Å². The molecule has 2 fully saturated rings. The number of ether oxygens (including phenoxy) is 1. The molecule has 1 amide bonds. The lowest BCUT2D eigenvalue weighted by Gasteiger charge is -2.30. The molecule has 1 heterocycles. The van der Waals surface area contributed by atoms with Crippen molar-refractivity contribution < 1.29 is 19.4 Å². The van der Waals surface area contributed by atoms with Crippen molar-refractivity contribution >= 4 is 11.9 Å². The number of benzene rings is 1. The van der Waals surface area contributed by atoms with Gasteiger partial charge in [0.2, 0.25) is 5.91 Å². The van der Waals surface area contributed by atoms with Gasteiger partial charge in [0.05, 0.1) is 18.1 Å². The summed E-state index contributed by atoms with van der Waals surface area (Å²) in [5.41, 5.74) is 1.06. The number of amides is 1. The van der Waals surface area contributed by atoms with Gasteiger partial charge in [0.15, 0.2) is 0 Å². The molecule has 1 aliphatic carbocycles. The third-order valence-electron chi connectivity index (χ3n) is 4.39. The molecule has 1 aromatic rings. The number of hydrogen-bond acceptors (Lipinski definition) is 3. The fourth-order valence-corrected chi connectivity index (χ4v) is 2.98. The number of carbonyl (C=O) groups excluding carboxylic acids is 1. The lowest BCUT2D eigenvalue weighted by Crippen LogP contribution is -2.43. The monoisotopic (exact) mass is 303 g/mol. The molecule has 1 aromatic carbocycles. The molecule has 2 aliphatic rings. The third kappa shape index (κ3) is 3.85. The summed E-state index contributed by atoms with van der Waals surface area (Å²) < 4.78 is 5.76. The van der Waals surface area contributed by atoms with Crippen LogP contribution in [-0.4, -0.2) is 35.7 Å². The lowest BCUT2D eigenvalue weighted by atomic mass is 9.99. The van der Waals surface area contributed by atoms with Gasteiger partial charge in [-0.25, -0.2) is 4.79 Å². The highest BCUT2D eigenvalue weighted by Gasteiger charge is 2.36. The number of hydrogen-bond donors (Lipinski definition) is 2. The van der Waals surface area contributed by atoms with Crippen LogP contribution in [0, 0.1) is 5.92 Å². The molecule has 118 valence electrons. The lowest BCUT2D eigenvalue weighted by molar-refractivity contribution is -0.122. The Morgan fingerprint density at radius 2 is 1.91 bits per heavy atom. The van der Waals surface area contributed by atoms with Gasteiger partial charge >= 0.3 is 5.97 Å². The Bertz CT molecular complexity index is 550. The van der Waals surface area contributed by atoms with Crippen LogP contribution < -0.4 is 5.32 Å². The van der Waals surface area contributed by atoms with E-state index in [2.05, 4.69) is 5.32 Å². The topological polar surface area (TPSA) is 75.6 Å². The molecule has 0 radical (unpaired) electrons. The van der Waals surface area contributed by atoms with E-state index < -0.39 is 5.97 Å². The van der Waals surface area contributed by atoms with Gasteiger partial charge in [-0.1, -0.05) is 12.1 Å². The first kappa shape index (κ1) is 15.0. The predicted molar refractivity (Wildman–Crippen MR) is 80.7 cm³/mol. The van der Waals surface area contributed by atoms with Gasteiger partial charge in [-0.15, -0.1) is 0 Å². The van der Waals surface area contributed by atoms with Crippen molar-refractivity contribution in [1.82, 2.24) is 5.32 Å². The molecular weight excluding hydrogens is 282 g/mol. The fraction of sp³-hybridized carbons (Fsp3) is 0.529. The zero-order valence-corrected chi connectivity index (χ0v) is 12.5. The van der Waals surface area contributed by atoms with Crippen LogP contribution in [0.25, 0.3) is 0 Å². The Hall–Kier alpha value is -1.88. The smallest absolute Gasteiger partial charge is 0.335 e. The van der Waals surface area contributed by atoms with Crippen molar-refractivity contribution in [1.29, 1.82) is 0 Å². The highest BCUT2D eigenvalue weighted by Crippen LogP contribution is 2.38. The van der Waals surface area contributed by atoms with Crippen molar-refractivity contribution in [3.63, 3.8) is 0 Å². The highest BCUT2D eigenvalue weighted by molar-refractivity contribution is 5.87. The second-order valence-electron chi connectivity index (χ2n) is 6.21. The summed E-state index contributed by atoms with van der Waals surface area (Å²) in [7, 11) is 0. The van der Waals surface area contributed by atoms with Gasteiger partial charge in [-0.2, -0.15) is 0 Å². The van der Waals surface area contributed by atoms with Crippen LogP contribution in [0.1, 0.15) is 41.6 Å². The molecule has 22 heavy (non-hydrogen) atoms. The number of carboxylic acids is 1. The largest absolute Gasteiger partial charge is 0.478 e. The van der Waals surface area contributed by atoms with Crippen LogP contribution in [-0.2, 0) is 16.0 Å². The van der Waals surface area contributed by atoms with E-state index in [-0.39, 0.29) is 23.9 Å². The first-order chi connectivity index (χ1) is 10.6. The second kappa shape index (κ2) is 6.48. The first-order valence-corrected chi connectivity index (χ1v) is 7.85. The van der Waals surface area contributed by atoms with Crippen molar-refractivity contribution in [2.75, 3.05) is 6.61 Å². The van der Waals surface area contributed by atoms with E-state index >= 15 is 0 Å². The average Bonchev–Trinajstić information content (AvgIpc) is 3.32. The maximum Gasteiger partial charge on any atom is 0.335 e. The van der Waals surface area contributed by atoms with Gasteiger partial charge in [-0.05, 0) is 49.3 Å². The Morgan fingerprint density at radius 3 is 2.55 bits per heavy atom. The standard InChI is InChI=1S/C17H21NO4/c19-16(9-11-1-3-13(4-2-11)17(20)21)18-14-7-8-22-15(10-14)12-5-6-12/h1-4,12,14-15H,5-10H2,(H,18,19)(H,20,21). The zero-order valence-electron chi connectivity index (χ0n) is 12.5. The predicted octanol–water partition coefficient (Wildman–Crippen LogP) is 2.00. The number of carbonyl (C=O) groups is 2. The Kier molecular flexibility index (Phi) is 4.43. The summed E-state index contributed by atoms with van der Waals surface area (Å²) in [6.07, 6.45) is 4.88. The maximum absolute atomic E-state index is 12.1. The Balaban J connectivity index is 1.50. The van der Waals surface area contributed by atoms with E-state index in [0.29, 0.717) is 12.0 Å². The summed E-state index contributed by atoms with van der Waals surface area (Å²) in [6, 6.07) is 6.65. The third-order valence-corrected chi connectivity index (χ3v) is 4.39. The van der Waals surface area contributed by atoms with E-state index in [1.54, 1.807) is 12.1 Å². The van der Waals surface area contributed by atoms with Crippen LogP contribution >= 0.6 is 0 Å². The van der Waals surface area contributed by atoms with Crippen molar-refractivity contribution in [3.8, 4) is 0 Å². The minimum absolute atomic E-state index is 0.00970. The van der Waals surface area contributed by atoms with Crippen LogP contribution in [0.15, 0.2) is 24.3 Å². The number of carboxylic acid groups (broad SMARTS) is 1. The van der Waals surface area contributed by atoms with Crippen molar-refractivity contribution in [2.45, 2.75) is 44.2 Å². The Labute approximate surface area is 129 Å². The quantitative estimate of drug-likeness (QED) is 0.872. The molecule has 2 N–H and O–H groups in total. The summed E-state index contributed by atoms with van der Waals surface area (Å²) in [6.45, 7) is 0.722. The van der Waals surface area contributed by atoms with Crippen LogP contribution in [0.4, 0.5) is 0 Å². The molecule has 1 saturated heterocycles. The van der Waals surface area contributed by atoms with Gasteiger partial charge < -0.3 is 15.2 Å². The normalized spacial score (nSPS) is 24.7. The van der Waals surface area contributed by atoms with Crippen LogP contribution in [0.3, 0.4) is 0 Å². The molecule has 0 spiro atoms. The SMILES string of the molecule is O=C(Cc1ccc(C(=O)O)cc1)NC1CCOC(C2CC2)C1. The molecule has 0 bridgehead atoms. The van der Waals surface area contributed by atoms with E-state index in [0.717, 1.165) is 25.0 Å². The number of aromatic carboxylic acids is 1. The van der Waals surface area contributed by atoms with E-state index in [4.69, 9.17) is 9.84 Å². The van der Waals surface area contributed by atoms with Crippen molar-refractivity contribution in [3.05, 3.63) is 35.4 Å². The summed E-state index contributed by atoms with van der Waals surface area (Å²) in [5.74, 6) is -0.267. The molecule has 1 aliphatic heterocycles. The maximum atomic E-state index is 12.1. The van der Waals surface area contributed by atoms with Crippen molar-refractivity contribution in [2.24, 2.45) is 5.92 Å². The Morgan fingerprint density at radius 1 is 1.18 bits per heavy atom. The summed E-state index contributed by atoms with van der Waals surface area (Å²) in [4.78, 5) is 22.9. The van der Waals surface area contributed by atoms with Gasteiger partial charge in [0.1, 0.15) is 0 Å². The zero-order chi connectivity index (χ0) is 15.5. The van der Waals surface area contributed by atoms with E-state index in [9.17, 15) is 9.59 Å². The van der Waals surface area contributed by atoms with E-state index in [1.807, 2.05) is 0 Å². The highest BCUT2D eigenvalue weighted by atomic mass is 16.5. The van der Waals surface area contributed by atoms with Gasteiger partial charge in [0, 0.05) is 12.6 Å². The second-order valence-corrected chi connectivity index (χ2v) is 6.21. The van der Waals surface area contributed by atoms with E-state index in [1.165, 1.54) is 25.0 Å². The first-order valence-electron chi connectivity index (χ1n) is 7.85. The number of nitrogens with one attached hydrogen (secondary N) is 1. The minimum Gasteiger partial charge on any atom is -0.478 e. The average molecular weight is 303 g/mol. The molecule has 2 atom stereocenters. The summed E-state index contributed by atoms with van der Waals surface area (Å²) >= 11 is 0. The molecule has 0 aromatic heterocycles. The van der Waals surface area contributed by atoms with Gasteiger partial charge in [-0.3, -0.25) is 4.79 Å².